The van der Waals surface area contributed by atoms with Crippen molar-refractivity contribution in [2.75, 3.05) is 50.8 Å². The maximum atomic E-state index is 13.1. The number of carbonyl (C=O) groups excluding carboxylic acids is 3. The molecule has 4 atom stereocenters. The number of carbonyl (C=O) groups is 3. The zero-order valence-electron chi connectivity index (χ0n) is 56.4. The first kappa shape index (κ1) is 83.5. The largest absolute Gasteiger partial charge is 0.392 e. The molecule has 4 unspecified atom stereocenters. The molecule has 84 heavy (non-hydrogen) atoms. The molecule has 0 rings (SSSR count). The predicted octanol–water partition coefficient (Wildman–Crippen LogP) is 20.3. The molecule has 0 saturated carbocycles. The molecule has 0 bridgehead atoms. The van der Waals surface area contributed by atoms with E-state index in [1.165, 1.54) is 269 Å². The Labute approximate surface area is 530 Å². The van der Waals surface area contributed by atoms with Crippen molar-refractivity contribution in [1.82, 2.24) is 9.80 Å². The average Bonchev–Trinajstić information content (AvgIpc) is 3.49. The SMILES string of the molecule is CCCCCCCCCCCCCCC(O)CN(CCSC(=O)CCC(=O)C(=O)SCCN(CC(O)CCCCCCCCCCCCCC)CC(O)CCCCCCCCCCCCCC)CC(O)CCCCCCCCCCCCCC. The van der Waals surface area contributed by atoms with Gasteiger partial charge in [0, 0.05) is 63.6 Å². The van der Waals surface area contributed by atoms with Gasteiger partial charge in [-0.25, -0.2) is 0 Å². The summed E-state index contributed by atoms with van der Waals surface area (Å²) in [6.45, 7) is 11.9. The monoisotopic (exact) mass is 1230 g/mol. The summed E-state index contributed by atoms with van der Waals surface area (Å²) in [6.07, 6.45) is 62.1. The Hall–Kier alpha value is -0.530. The second-order valence-corrected chi connectivity index (χ2v) is 28.3. The fraction of sp³-hybridized carbons (Fsp3) is 0.959. The molecule has 0 amide bonds. The summed E-state index contributed by atoms with van der Waals surface area (Å²) < 4.78 is 0. The van der Waals surface area contributed by atoms with Gasteiger partial charge in [0.2, 0.25) is 5.78 Å². The van der Waals surface area contributed by atoms with Crippen molar-refractivity contribution >= 4 is 39.5 Å². The molecule has 0 aliphatic rings. The molecule has 0 heterocycles. The van der Waals surface area contributed by atoms with Gasteiger partial charge in [0.25, 0.3) is 5.12 Å². The molecule has 0 aromatic rings. The van der Waals surface area contributed by atoms with Crippen molar-refractivity contribution in [3.8, 4) is 0 Å². The molecule has 0 aliphatic carbocycles. The van der Waals surface area contributed by atoms with Crippen LogP contribution in [0.3, 0.4) is 0 Å². The van der Waals surface area contributed by atoms with Crippen LogP contribution >= 0.6 is 23.5 Å². The molecule has 0 spiro atoms. The van der Waals surface area contributed by atoms with Crippen LogP contribution in [-0.4, -0.2) is 121 Å². The lowest BCUT2D eigenvalue weighted by atomic mass is 10.0. The first-order valence-corrected chi connectivity index (χ1v) is 39.1. The van der Waals surface area contributed by atoms with E-state index in [0.29, 0.717) is 50.8 Å². The van der Waals surface area contributed by atoms with Gasteiger partial charge in [-0.2, -0.15) is 0 Å². The number of aliphatic hydroxyl groups excluding tert-OH is 4. The Morgan fingerprint density at radius 1 is 0.286 bits per heavy atom. The first-order chi connectivity index (χ1) is 41.1. The Morgan fingerprint density at radius 2 is 0.488 bits per heavy atom. The number of Topliss-reactive ketones (excluding diaryl/α,β-unsaturated/α-hetero) is 1. The van der Waals surface area contributed by atoms with E-state index < -0.39 is 35.3 Å². The second-order valence-electron chi connectivity index (χ2n) is 26.1. The Morgan fingerprint density at radius 3 is 0.714 bits per heavy atom. The highest BCUT2D eigenvalue weighted by Gasteiger charge is 2.21. The van der Waals surface area contributed by atoms with Gasteiger partial charge in [0.1, 0.15) is 0 Å². The van der Waals surface area contributed by atoms with Gasteiger partial charge >= 0.3 is 0 Å². The first-order valence-electron chi connectivity index (χ1n) is 37.1. The lowest BCUT2D eigenvalue weighted by Gasteiger charge is -2.27. The third-order valence-corrected chi connectivity index (χ3v) is 19.3. The number of thioether (sulfide) groups is 2. The molecule has 0 fully saturated rings. The minimum absolute atomic E-state index is 0.00171. The fourth-order valence-electron chi connectivity index (χ4n) is 12.0. The molecule has 0 radical (unpaired) electrons. The van der Waals surface area contributed by atoms with Crippen molar-refractivity contribution in [2.24, 2.45) is 0 Å². The van der Waals surface area contributed by atoms with E-state index in [1.807, 2.05) is 0 Å². The highest BCUT2D eigenvalue weighted by atomic mass is 32.2. The van der Waals surface area contributed by atoms with Gasteiger partial charge in [-0.3, -0.25) is 24.2 Å². The quantitative estimate of drug-likeness (QED) is 0.0342. The topological polar surface area (TPSA) is 139 Å². The number of rotatable bonds is 70. The molecule has 4 N–H and O–H groups in total. The van der Waals surface area contributed by atoms with Crippen molar-refractivity contribution in [2.45, 2.75) is 399 Å². The van der Waals surface area contributed by atoms with E-state index in [9.17, 15) is 34.8 Å². The third kappa shape index (κ3) is 61.7. The van der Waals surface area contributed by atoms with Crippen LogP contribution in [0.15, 0.2) is 0 Å². The van der Waals surface area contributed by atoms with E-state index in [4.69, 9.17) is 0 Å². The molecule has 0 aromatic carbocycles. The minimum Gasteiger partial charge on any atom is -0.392 e. The highest BCUT2D eigenvalue weighted by Crippen LogP contribution is 2.20. The van der Waals surface area contributed by atoms with Crippen molar-refractivity contribution < 1.29 is 34.8 Å². The van der Waals surface area contributed by atoms with Crippen LogP contribution in [0.25, 0.3) is 0 Å². The molecule has 11 heteroatoms. The average molecular weight is 1230 g/mol. The summed E-state index contributed by atoms with van der Waals surface area (Å²) in [5.74, 6) is 0.345. The third-order valence-electron chi connectivity index (χ3n) is 17.5. The standard InChI is InChI=1S/C73H144N2O7S2/c1-5-9-13-17-21-25-29-33-37-41-45-49-53-67(76)63-74(64-68(77)54-50-46-42-38-34-30-26-22-18-14-10-6-2)59-61-83-72(81)58-57-71(80)73(82)84-62-60-75(65-69(78)55-51-47-43-39-35-31-27-23-19-15-11-7-3)66-70(79)56-52-48-44-40-36-32-28-24-20-16-12-8-4/h67-70,76-79H,5-66H2,1-4H3. The van der Waals surface area contributed by atoms with Crippen molar-refractivity contribution in [1.29, 1.82) is 0 Å². The van der Waals surface area contributed by atoms with E-state index >= 15 is 0 Å². The molecular formula is C73H144N2O7S2. The zero-order valence-corrected chi connectivity index (χ0v) is 58.0. The van der Waals surface area contributed by atoms with Crippen LogP contribution in [0.5, 0.6) is 0 Å². The summed E-state index contributed by atoms with van der Waals surface area (Å²) >= 11 is 2.17. The van der Waals surface area contributed by atoms with Crippen LogP contribution < -0.4 is 0 Å². The minimum atomic E-state index is -0.539. The van der Waals surface area contributed by atoms with Crippen LogP contribution in [0.2, 0.25) is 0 Å². The van der Waals surface area contributed by atoms with Crippen molar-refractivity contribution in [3.05, 3.63) is 0 Å². The number of aliphatic hydroxyl groups is 4. The smallest absolute Gasteiger partial charge is 0.255 e. The Bertz CT molecular complexity index is 1310. The summed E-state index contributed by atoms with van der Waals surface area (Å²) in [7, 11) is 0. The molecule has 0 aromatic heterocycles. The number of nitrogens with zero attached hydrogens (tertiary/aromatic N) is 2. The van der Waals surface area contributed by atoms with Gasteiger partial charge in [-0.05, 0) is 25.7 Å². The van der Waals surface area contributed by atoms with Crippen LogP contribution in [-0.2, 0) is 14.4 Å². The number of unbranched alkanes of at least 4 members (excludes halogenated alkanes) is 44. The van der Waals surface area contributed by atoms with Gasteiger partial charge in [-0.15, -0.1) is 0 Å². The van der Waals surface area contributed by atoms with E-state index in [0.717, 1.165) is 88.8 Å². The number of ketones is 1. The van der Waals surface area contributed by atoms with Gasteiger partial charge in [0.05, 0.1) is 24.4 Å². The van der Waals surface area contributed by atoms with Crippen LogP contribution in [0.1, 0.15) is 374 Å². The van der Waals surface area contributed by atoms with Gasteiger partial charge in [-0.1, -0.05) is 359 Å². The molecule has 0 saturated heterocycles. The van der Waals surface area contributed by atoms with Crippen molar-refractivity contribution in [3.63, 3.8) is 0 Å². The predicted molar refractivity (Wildman–Crippen MR) is 369 cm³/mol. The van der Waals surface area contributed by atoms with E-state index in [1.54, 1.807) is 0 Å². The zero-order chi connectivity index (χ0) is 61.5. The van der Waals surface area contributed by atoms with E-state index in [-0.39, 0.29) is 18.0 Å². The second kappa shape index (κ2) is 66.9. The van der Waals surface area contributed by atoms with Gasteiger partial charge < -0.3 is 20.4 Å². The molecule has 9 nitrogen and oxygen atoms in total. The Kier molecular flexibility index (Phi) is 66.5. The summed E-state index contributed by atoms with van der Waals surface area (Å²) in [4.78, 5) is 43.5. The summed E-state index contributed by atoms with van der Waals surface area (Å²) in [6, 6.07) is 0. The normalized spacial score (nSPS) is 13.4. The fourth-order valence-corrected chi connectivity index (χ4v) is 13.6. The lowest BCUT2D eigenvalue weighted by molar-refractivity contribution is -0.132. The summed E-state index contributed by atoms with van der Waals surface area (Å²) in [5.41, 5.74) is 0. The van der Waals surface area contributed by atoms with E-state index in [2.05, 4.69) is 37.5 Å². The molecule has 500 valence electrons. The summed E-state index contributed by atoms with van der Waals surface area (Å²) in [5, 5.41) is 43.9. The highest BCUT2D eigenvalue weighted by molar-refractivity contribution is 8.15. The molecule has 0 aliphatic heterocycles. The maximum absolute atomic E-state index is 13.1. The van der Waals surface area contributed by atoms with Crippen LogP contribution in [0, 0.1) is 0 Å². The number of hydrogen-bond donors (Lipinski definition) is 4. The lowest BCUT2D eigenvalue weighted by Crippen LogP contribution is -2.39. The molecular weight excluding hydrogens is 1080 g/mol. The number of hydrogen-bond acceptors (Lipinski definition) is 11. The van der Waals surface area contributed by atoms with Crippen LogP contribution in [0.4, 0.5) is 0 Å². The Balaban J connectivity index is 5.05. The maximum Gasteiger partial charge on any atom is 0.255 e. The van der Waals surface area contributed by atoms with Gasteiger partial charge in [0.15, 0.2) is 5.12 Å².